The summed E-state index contributed by atoms with van der Waals surface area (Å²) >= 11 is 0. The van der Waals surface area contributed by atoms with Crippen LogP contribution in [0, 0.1) is 6.92 Å². The van der Waals surface area contributed by atoms with Gasteiger partial charge in [0.25, 0.3) is 5.56 Å². The van der Waals surface area contributed by atoms with E-state index in [-0.39, 0.29) is 22.6 Å². The average Bonchev–Trinajstić information content (AvgIpc) is 3.07. The Morgan fingerprint density at radius 3 is 2.43 bits per heavy atom. The Morgan fingerprint density at radius 1 is 1.09 bits per heavy atom. The molecule has 0 bridgehead atoms. The molecule has 1 N–H and O–H groups in total. The molecule has 2 heterocycles. The van der Waals surface area contributed by atoms with E-state index in [2.05, 4.69) is 5.32 Å². The largest absolute Gasteiger partial charge is 0.497 e. The molecule has 186 valence electrons. The topological polar surface area (TPSA) is 103 Å². The van der Waals surface area contributed by atoms with Crippen LogP contribution in [0.2, 0.25) is 0 Å². The first-order valence-electron chi connectivity index (χ1n) is 11.5. The third-order valence-corrected chi connectivity index (χ3v) is 8.44. The molecular weight excluding hydrogens is 468 g/mol. The number of para-hydroxylation sites is 1. The fourth-order valence-electron chi connectivity index (χ4n) is 4.49. The van der Waals surface area contributed by atoms with Crippen molar-refractivity contribution in [3.8, 4) is 11.4 Å². The predicted molar refractivity (Wildman–Crippen MR) is 134 cm³/mol. The van der Waals surface area contributed by atoms with E-state index in [1.807, 2.05) is 30.3 Å². The second kappa shape index (κ2) is 10.1. The molecule has 9 nitrogen and oxygen atoms in total. The highest BCUT2D eigenvalue weighted by atomic mass is 32.2. The molecule has 1 aliphatic heterocycles. The Morgan fingerprint density at radius 2 is 1.77 bits per heavy atom. The molecule has 3 aromatic rings. The van der Waals surface area contributed by atoms with Crippen molar-refractivity contribution in [2.45, 2.75) is 43.5 Å². The van der Waals surface area contributed by atoms with Gasteiger partial charge in [0, 0.05) is 26.1 Å². The number of hydrogen-bond acceptors (Lipinski definition) is 5. The summed E-state index contributed by atoms with van der Waals surface area (Å²) in [6, 6.07) is 14.9. The van der Waals surface area contributed by atoms with Crippen LogP contribution < -0.4 is 15.6 Å². The third-order valence-electron chi connectivity index (χ3n) is 6.48. The van der Waals surface area contributed by atoms with Crippen LogP contribution >= 0.6 is 0 Å². The minimum Gasteiger partial charge on any atom is -0.497 e. The van der Waals surface area contributed by atoms with Crippen molar-refractivity contribution in [2.24, 2.45) is 7.05 Å². The molecule has 0 radical (unpaired) electrons. The highest BCUT2D eigenvalue weighted by Gasteiger charge is 2.35. The van der Waals surface area contributed by atoms with Crippen LogP contribution in [-0.2, 0) is 21.9 Å². The summed E-state index contributed by atoms with van der Waals surface area (Å²) in [6.07, 6.45) is 2.10. The number of sulfonamides is 1. The number of amides is 1. The number of methoxy groups -OCH3 is 1. The zero-order valence-electron chi connectivity index (χ0n) is 20.1. The number of carbonyl (C=O) groups is 1. The molecule has 0 unspecified atom stereocenters. The van der Waals surface area contributed by atoms with E-state index in [1.54, 1.807) is 30.8 Å². The highest BCUT2D eigenvalue weighted by molar-refractivity contribution is 7.89. The van der Waals surface area contributed by atoms with Gasteiger partial charge in [-0.1, -0.05) is 24.6 Å². The molecule has 0 spiro atoms. The molecule has 1 aromatic heterocycles. The van der Waals surface area contributed by atoms with Crippen molar-refractivity contribution in [3.05, 3.63) is 70.6 Å². The number of benzene rings is 2. The Kier molecular flexibility index (Phi) is 7.13. The van der Waals surface area contributed by atoms with Gasteiger partial charge in [0.1, 0.15) is 11.4 Å². The summed E-state index contributed by atoms with van der Waals surface area (Å²) in [6.45, 7) is 2.11. The van der Waals surface area contributed by atoms with E-state index in [0.717, 1.165) is 12.8 Å². The summed E-state index contributed by atoms with van der Waals surface area (Å²) in [5, 5.41) is 2.75. The lowest BCUT2D eigenvalue weighted by Gasteiger charge is -2.34. The van der Waals surface area contributed by atoms with Crippen molar-refractivity contribution in [1.82, 2.24) is 13.7 Å². The number of aromatic nitrogens is 2. The Hall–Kier alpha value is -3.37. The minimum absolute atomic E-state index is 0.0332. The van der Waals surface area contributed by atoms with E-state index < -0.39 is 22.0 Å². The van der Waals surface area contributed by atoms with E-state index in [4.69, 9.17) is 4.74 Å². The summed E-state index contributed by atoms with van der Waals surface area (Å²) in [4.78, 5) is 26.3. The van der Waals surface area contributed by atoms with Crippen LogP contribution in [0.1, 0.15) is 31.4 Å². The number of ether oxygens (including phenoxy) is 1. The molecule has 1 atom stereocenters. The molecule has 1 saturated heterocycles. The molecular formula is C25H30N4O5S. The number of piperidine rings is 1. The quantitative estimate of drug-likeness (QED) is 0.539. The van der Waals surface area contributed by atoms with Gasteiger partial charge in [-0.3, -0.25) is 14.3 Å². The zero-order valence-corrected chi connectivity index (χ0v) is 20.9. The number of carbonyl (C=O) groups excluding carboxylic acids is 1. The van der Waals surface area contributed by atoms with Gasteiger partial charge in [0.2, 0.25) is 15.9 Å². The van der Waals surface area contributed by atoms with Gasteiger partial charge in [-0.25, -0.2) is 13.1 Å². The molecule has 2 aromatic carbocycles. The highest BCUT2D eigenvalue weighted by Crippen LogP contribution is 2.28. The molecule has 4 rings (SSSR count). The van der Waals surface area contributed by atoms with Crippen molar-refractivity contribution >= 4 is 21.6 Å². The fraction of sp³-hybridized carbons (Fsp3) is 0.360. The van der Waals surface area contributed by atoms with E-state index >= 15 is 0 Å². The van der Waals surface area contributed by atoms with Crippen molar-refractivity contribution in [2.75, 3.05) is 19.0 Å². The van der Waals surface area contributed by atoms with E-state index in [1.165, 1.54) is 28.2 Å². The Balaban J connectivity index is 1.55. The smallest absolute Gasteiger partial charge is 0.295 e. The van der Waals surface area contributed by atoms with Gasteiger partial charge in [0.15, 0.2) is 0 Å². The summed E-state index contributed by atoms with van der Waals surface area (Å²) < 4.78 is 36.4. The van der Waals surface area contributed by atoms with Gasteiger partial charge < -0.3 is 10.1 Å². The lowest BCUT2D eigenvalue weighted by Crippen LogP contribution is -2.45. The van der Waals surface area contributed by atoms with Crippen molar-refractivity contribution < 1.29 is 17.9 Å². The molecule has 0 saturated carbocycles. The number of nitrogens with zero attached hydrogens (tertiary/aromatic N) is 3. The van der Waals surface area contributed by atoms with Crippen molar-refractivity contribution in [3.63, 3.8) is 0 Å². The van der Waals surface area contributed by atoms with Crippen LogP contribution in [0.4, 0.5) is 5.69 Å². The van der Waals surface area contributed by atoms with Gasteiger partial charge >= 0.3 is 0 Å². The number of rotatable bonds is 7. The Labute approximate surface area is 205 Å². The standard InChI is InChI=1S/C25H30N4O5S/c1-18-24(25(31)29(27(18)2)19-9-5-4-6-10-19)26-23(30)17-20-11-7-8-16-28(20)35(32,33)22-14-12-21(34-3)13-15-22/h4-6,9-10,12-15,20H,7-8,11,16-17H2,1-3H3,(H,26,30)/t20-/m1/s1. The monoisotopic (exact) mass is 498 g/mol. The first-order valence-corrected chi connectivity index (χ1v) is 13.0. The average molecular weight is 499 g/mol. The summed E-state index contributed by atoms with van der Waals surface area (Å²) in [7, 11) is -0.508. The molecule has 1 aliphatic rings. The second-order valence-corrected chi connectivity index (χ2v) is 10.5. The lowest BCUT2D eigenvalue weighted by atomic mass is 10.0. The minimum atomic E-state index is -3.78. The predicted octanol–water partition coefficient (Wildman–Crippen LogP) is 3.07. The van der Waals surface area contributed by atoms with Crippen LogP contribution in [-0.4, -0.2) is 47.7 Å². The fourth-order valence-corrected chi connectivity index (χ4v) is 6.19. The first kappa shape index (κ1) is 24.7. The zero-order chi connectivity index (χ0) is 25.2. The molecule has 1 amide bonds. The van der Waals surface area contributed by atoms with Gasteiger partial charge in [-0.15, -0.1) is 0 Å². The maximum absolute atomic E-state index is 13.3. The maximum atomic E-state index is 13.3. The summed E-state index contributed by atoms with van der Waals surface area (Å²) in [5.74, 6) is 0.177. The number of anilines is 1. The van der Waals surface area contributed by atoms with Crippen LogP contribution in [0.15, 0.2) is 64.3 Å². The lowest BCUT2D eigenvalue weighted by molar-refractivity contribution is -0.117. The van der Waals surface area contributed by atoms with Crippen LogP contribution in [0.5, 0.6) is 5.75 Å². The SMILES string of the molecule is COc1ccc(S(=O)(=O)N2CCCC[C@@H]2CC(=O)Nc2c(C)n(C)n(-c3ccccc3)c2=O)cc1. The normalized spacial score (nSPS) is 16.7. The first-order chi connectivity index (χ1) is 16.7. The van der Waals surface area contributed by atoms with Crippen LogP contribution in [0.25, 0.3) is 5.69 Å². The number of hydrogen-bond donors (Lipinski definition) is 1. The molecule has 10 heteroatoms. The van der Waals surface area contributed by atoms with Gasteiger partial charge in [-0.05, 0) is 56.2 Å². The molecule has 0 aliphatic carbocycles. The number of nitrogens with one attached hydrogen (secondary N) is 1. The van der Waals surface area contributed by atoms with Crippen LogP contribution in [0.3, 0.4) is 0 Å². The third kappa shape index (κ3) is 4.89. The van der Waals surface area contributed by atoms with E-state index in [9.17, 15) is 18.0 Å². The van der Waals surface area contributed by atoms with Crippen molar-refractivity contribution in [1.29, 1.82) is 0 Å². The van der Waals surface area contributed by atoms with E-state index in [0.29, 0.717) is 30.1 Å². The Bertz CT molecular complexity index is 1360. The summed E-state index contributed by atoms with van der Waals surface area (Å²) in [5.41, 5.74) is 1.16. The molecule has 35 heavy (non-hydrogen) atoms. The van der Waals surface area contributed by atoms with Gasteiger partial charge in [0.05, 0.1) is 23.4 Å². The van der Waals surface area contributed by atoms with Gasteiger partial charge in [-0.2, -0.15) is 4.31 Å². The molecule has 1 fully saturated rings. The maximum Gasteiger partial charge on any atom is 0.295 e. The second-order valence-electron chi connectivity index (χ2n) is 8.63.